The van der Waals surface area contributed by atoms with Crippen molar-refractivity contribution in [3.05, 3.63) is 47.7 Å². The van der Waals surface area contributed by atoms with Crippen molar-refractivity contribution in [3.8, 4) is 11.3 Å². The van der Waals surface area contributed by atoms with Crippen LogP contribution in [0, 0.1) is 5.92 Å². The zero-order chi connectivity index (χ0) is 21.6. The van der Waals surface area contributed by atoms with Gasteiger partial charge in [-0.2, -0.15) is 0 Å². The Kier molecular flexibility index (Phi) is 5.10. The third-order valence-electron chi connectivity index (χ3n) is 5.69. The van der Waals surface area contributed by atoms with E-state index in [1.165, 1.54) is 0 Å². The molecule has 6 nitrogen and oxygen atoms in total. The number of hydrogen-bond acceptors (Lipinski definition) is 5. The number of nitrogens with zero attached hydrogens (tertiary/aromatic N) is 2. The maximum atomic E-state index is 12.4. The van der Waals surface area contributed by atoms with Crippen molar-refractivity contribution >= 4 is 39.4 Å². The average Bonchev–Trinajstić information content (AvgIpc) is 3.40. The van der Waals surface area contributed by atoms with Gasteiger partial charge in [0.05, 0.1) is 16.1 Å². The lowest BCUT2D eigenvalue weighted by atomic mass is 10.1. The number of pyridine rings is 1. The molecule has 2 aliphatic rings. The highest BCUT2D eigenvalue weighted by molar-refractivity contribution is 8.14. The number of carbonyl (C=O) groups excluding carboxylic acids is 1. The number of benzene rings is 1. The van der Waals surface area contributed by atoms with E-state index < -0.39 is 0 Å². The number of fused-ring (bicyclic) bond motifs is 1. The summed E-state index contributed by atoms with van der Waals surface area (Å²) in [6, 6.07) is 10.6. The first-order valence-electron chi connectivity index (χ1n) is 10.7. The zero-order valence-electron chi connectivity index (χ0n) is 18.1. The van der Waals surface area contributed by atoms with E-state index in [1.807, 2.05) is 25.0 Å². The second-order valence-corrected chi connectivity index (χ2v) is 9.96. The molecular formula is C24H27N5OS. The monoisotopic (exact) mass is 433 g/mol. The topological polar surface area (TPSA) is 82.2 Å². The number of hydrogen-bond donors (Lipinski definition) is 3. The Labute approximate surface area is 186 Å². The first-order chi connectivity index (χ1) is 14.9. The first kappa shape index (κ1) is 20.3. The van der Waals surface area contributed by atoms with Gasteiger partial charge in [-0.15, -0.1) is 11.8 Å². The van der Waals surface area contributed by atoms with Gasteiger partial charge in [0.25, 0.3) is 0 Å². The zero-order valence-corrected chi connectivity index (χ0v) is 18.9. The van der Waals surface area contributed by atoms with Crippen LogP contribution in [0.15, 0.2) is 41.5 Å². The van der Waals surface area contributed by atoms with E-state index >= 15 is 0 Å². The third kappa shape index (κ3) is 4.12. The number of thioether (sulfide) groups is 1. The molecule has 0 spiro atoms. The van der Waals surface area contributed by atoms with E-state index in [-0.39, 0.29) is 17.4 Å². The second kappa shape index (κ2) is 7.80. The predicted octanol–water partition coefficient (Wildman–Crippen LogP) is 4.57. The fraction of sp³-hybridized carbons (Fsp3) is 0.375. The van der Waals surface area contributed by atoms with Crippen molar-refractivity contribution in [2.24, 2.45) is 10.9 Å². The number of carbonyl (C=O) groups is 1. The fourth-order valence-corrected chi connectivity index (χ4v) is 5.03. The summed E-state index contributed by atoms with van der Waals surface area (Å²) < 4.78 is 0. The lowest BCUT2D eigenvalue weighted by molar-refractivity contribution is -0.117. The van der Waals surface area contributed by atoms with Crippen LogP contribution in [0.3, 0.4) is 0 Å². The summed E-state index contributed by atoms with van der Waals surface area (Å²) in [5.74, 6) is 1.80. The molecule has 1 aromatic carbocycles. The van der Waals surface area contributed by atoms with Crippen molar-refractivity contribution in [1.82, 2.24) is 15.3 Å². The van der Waals surface area contributed by atoms with Gasteiger partial charge < -0.3 is 15.6 Å². The molecule has 3 aromatic rings. The maximum absolute atomic E-state index is 12.4. The largest absolute Gasteiger partial charge is 0.351 e. The summed E-state index contributed by atoms with van der Waals surface area (Å²) in [5.41, 5.74) is 5.19. The minimum atomic E-state index is -0.0144. The average molecular weight is 434 g/mol. The lowest BCUT2D eigenvalue weighted by Gasteiger charge is -2.09. The molecule has 0 radical (unpaired) electrons. The Bertz CT molecular complexity index is 1190. The number of anilines is 1. The van der Waals surface area contributed by atoms with Crippen molar-refractivity contribution in [1.29, 1.82) is 0 Å². The van der Waals surface area contributed by atoms with E-state index in [0.717, 1.165) is 56.9 Å². The minimum absolute atomic E-state index is 0.0144. The molecule has 0 saturated heterocycles. The predicted molar refractivity (Wildman–Crippen MR) is 129 cm³/mol. The summed E-state index contributed by atoms with van der Waals surface area (Å²) in [5, 5.41) is 8.40. The fourth-order valence-electron chi connectivity index (χ4n) is 3.87. The van der Waals surface area contributed by atoms with E-state index in [2.05, 4.69) is 64.8 Å². The molecule has 0 bridgehead atoms. The number of aromatic amines is 1. The molecule has 5 rings (SSSR count). The lowest BCUT2D eigenvalue weighted by Crippen LogP contribution is -2.15. The van der Waals surface area contributed by atoms with Gasteiger partial charge in [-0.3, -0.25) is 9.79 Å². The van der Waals surface area contributed by atoms with Crippen LogP contribution in [-0.2, 0) is 11.3 Å². The molecule has 2 aromatic heterocycles. The van der Waals surface area contributed by atoms with Gasteiger partial charge in [-0.1, -0.05) is 18.2 Å². The van der Waals surface area contributed by atoms with Crippen molar-refractivity contribution in [2.45, 2.75) is 38.8 Å². The summed E-state index contributed by atoms with van der Waals surface area (Å²) in [6.45, 7) is 5.05. The van der Waals surface area contributed by atoms with E-state index in [9.17, 15) is 4.79 Å². The van der Waals surface area contributed by atoms with Crippen LogP contribution in [0.25, 0.3) is 22.2 Å². The molecule has 1 aliphatic heterocycles. The smallest absolute Gasteiger partial charge is 0.228 e. The maximum Gasteiger partial charge on any atom is 0.228 e. The summed E-state index contributed by atoms with van der Waals surface area (Å²) in [4.78, 5) is 25.3. The molecule has 0 atom stereocenters. The van der Waals surface area contributed by atoms with Crippen LogP contribution < -0.4 is 10.6 Å². The Balaban J connectivity index is 1.55. The Morgan fingerprint density at radius 3 is 2.77 bits per heavy atom. The van der Waals surface area contributed by atoms with Crippen molar-refractivity contribution < 1.29 is 4.79 Å². The molecule has 1 fully saturated rings. The van der Waals surface area contributed by atoms with E-state index in [1.54, 1.807) is 0 Å². The highest BCUT2D eigenvalue weighted by Crippen LogP contribution is 2.35. The molecule has 0 unspecified atom stereocenters. The number of amides is 1. The molecule has 3 heterocycles. The van der Waals surface area contributed by atoms with Gasteiger partial charge >= 0.3 is 0 Å². The Morgan fingerprint density at radius 1 is 1.26 bits per heavy atom. The van der Waals surface area contributed by atoms with Gasteiger partial charge in [-0.25, -0.2) is 4.98 Å². The van der Waals surface area contributed by atoms with Crippen molar-refractivity contribution in [3.63, 3.8) is 0 Å². The van der Waals surface area contributed by atoms with Gasteiger partial charge in [0.2, 0.25) is 5.91 Å². The summed E-state index contributed by atoms with van der Waals surface area (Å²) in [7, 11) is 1.92. The van der Waals surface area contributed by atoms with Gasteiger partial charge in [0.1, 0.15) is 0 Å². The summed E-state index contributed by atoms with van der Waals surface area (Å²) in [6.07, 6.45) is 3.78. The van der Waals surface area contributed by atoms with Crippen LogP contribution in [0.2, 0.25) is 0 Å². The molecule has 31 heavy (non-hydrogen) atoms. The number of aliphatic imine (C=N–C) groups is 1. The van der Waals surface area contributed by atoms with Crippen LogP contribution in [0.4, 0.5) is 5.82 Å². The van der Waals surface area contributed by atoms with Gasteiger partial charge in [-0.05, 0) is 57.0 Å². The highest BCUT2D eigenvalue weighted by Gasteiger charge is 2.30. The third-order valence-corrected chi connectivity index (χ3v) is 7.14. The van der Waals surface area contributed by atoms with Crippen LogP contribution >= 0.6 is 11.8 Å². The van der Waals surface area contributed by atoms with Gasteiger partial charge in [0, 0.05) is 41.1 Å². The molecule has 3 N–H and O–H groups in total. The van der Waals surface area contributed by atoms with E-state index in [4.69, 9.17) is 4.99 Å². The second-order valence-electron chi connectivity index (χ2n) is 9.00. The molecule has 1 saturated carbocycles. The standard InChI is InChI=1S/C24H27N5OS/c1-24(2)13-31-23(29-24)16-6-4-5-15(9-16)19-10-18-17(11-25-3)12-26-21(20(18)27-19)28-22(30)14-7-8-14/h4-6,9-10,12,14,25,27H,7-8,11,13H2,1-3H3,(H,26,28,30). The first-order valence-corrected chi connectivity index (χ1v) is 11.7. The summed E-state index contributed by atoms with van der Waals surface area (Å²) >= 11 is 1.81. The quantitative estimate of drug-likeness (QED) is 0.532. The van der Waals surface area contributed by atoms with Crippen molar-refractivity contribution in [2.75, 3.05) is 18.1 Å². The normalized spacial score (nSPS) is 17.7. The van der Waals surface area contributed by atoms with Crippen LogP contribution in [0.1, 0.15) is 37.8 Å². The number of aromatic nitrogens is 2. The molecule has 7 heteroatoms. The Hall–Kier alpha value is -2.64. The van der Waals surface area contributed by atoms with Crippen LogP contribution in [-0.4, -0.2) is 39.3 Å². The number of rotatable bonds is 6. The SMILES string of the molecule is CNCc1cnc(NC(=O)C2CC2)c2[nH]c(-c3cccc(C4=NC(C)(C)CS4)c3)cc12. The van der Waals surface area contributed by atoms with E-state index in [0.29, 0.717) is 12.4 Å². The highest BCUT2D eigenvalue weighted by atomic mass is 32.2. The molecule has 1 amide bonds. The van der Waals surface area contributed by atoms with Gasteiger partial charge in [0.15, 0.2) is 5.82 Å². The molecule has 160 valence electrons. The number of H-pyrrole nitrogens is 1. The minimum Gasteiger partial charge on any atom is -0.351 e. The number of nitrogens with one attached hydrogen (secondary N) is 3. The van der Waals surface area contributed by atoms with Crippen LogP contribution in [0.5, 0.6) is 0 Å². The molecule has 1 aliphatic carbocycles. The molecular weight excluding hydrogens is 406 g/mol. The Morgan fingerprint density at radius 2 is 2.06 bits per heavy atom.